The molecule has 0 amide bonds. The monoisotopic (exact) mass is 321 g/mol. The lowest BCUT2D eigenvalue weighted by atomic mass is 10.2. The van der Waals surface area contributed by atoms with Gasteiger partial charge in [-0.1, -0.05) is 35.8 Å². The van der Waals surface area contributed by atoms with Crippen LogP contribution in [0.2, 0.25) is 5.02 Å². The van der Waals surface area contributed by atoms with Gasteiger partial charge in [0.15, 0.2) is 5.96 Å². The van der Waals surface area contributed by atoms with Crippen LogP contribution in [0.4, 0.5) is 0 Å². The fourth-order valence-corrected chi connectivity index (χ4v) is 2.04. The second-order valence-electron chi connectivity index (χ2n) is 4.70. The van der Waals surface area contributed by atoms with Crippen LogP contribution in [0.15, 0.2) is 33.8 Å². The second kappa shape index (κ2) is 8.38. The number of nitrogens with one attached hydrogen (secondary N) is 2. The van der Waals surface area contributed by atoms with Crippen LogP contribution in [0.5, 0.6) is 0 Å². The van der Waals surface area contributed by atoms with Crippen molar-refractivity contribution in [2.75, 3.05) is 20.1 Å². The Morgan fingerprint density at radius 1 is 1.32 bits per heavy atom. The van der Waals surface area contributed by atoms with Gasteiger partial charge in [0.2, 0.25) is 11.7 Å². The standard InChI is InChI=1S/C15H20ClN5O/c1-3-8-18-15(17-2)19-9-7-13-20-14(21-22-13)11-5-4-6-12(16)10-11/h4-6,10H,3,7-9H2,1-2H3,(H2,17,18,19). The lowest BCUT2D eigenvalue weighted by molar-refractivity contribution is 0.378. The smallest absolute Gasteiger partial charge is 0.228 e. The largest absolute Gasteiger partial charge is 0.356 e. The highest BCUT2D eigenvalue weighted by atomic mass is 35.5. The topological polar surface area (TPSA) is 75.3 Å². The maximum Gasteiger partial charge on any atom is 0.228 e. The molecule has 2 aromatic rings. The summed E-state index contributed by atoms with van der Waals surface area (Å²) in [6.07, 6.45) is 1.67. The quantitative estimate of drug-likeness (QED) is 0.631. The third kappa shape index (κ3) is 4.73. The summed E-state index contributed by atoms with van der Waals surface area (Å²) in [5, 5.41) is 11.0. The molecule has 0 bridgehead atoms. The average Bonchev–Trinajstić information content (AvgIpc) is 2.99. The molecule has 118 valence electrons. The van der Waals surface area contributed by atoms with E-state index in [9.17, 15) is 0 Å². The van der Waals surface area contributed by atoms with Crippen molar-refractivity contribution in [3.8, 4) is 11.4 Å². The highest BCUT2D eigenvalue weighted by molar-refractivity contribution is 6.30. The van der Waals surface area contributed by atoms with E-state index in [-0.39, 0.29) is 0 Å². The first kappa shape index (κ1) is 16.3. The van der Waals surface area contributed by atoms with Crippen LogP contribution in [0.3, 0.4) is 0 Å². The number of aromatic nitrogens is 2. The molecule has 1 aromatic carbocycles. The first-order valence-corrected chi connectivity index (χ1v) is 7.63. The summed E-state index contributed by atoms with van der Waals surface area (Å²) >= 11 is 5.96. The average molecular weight is 322 g/mol. The van der Waals surface area contributed by atoms with Gasteiger partial charge in [-0.3, -0.25) is 4.99 Å². The Morgan fingerprint density at radius 3 is 2.86 bits per heavy atom. The van der Waals surface area contributed by atoms with E-state index < -0.39 is 0 Å². The Morgan fingerprint density at radius 2 is 2.14 bits per heavy atom. The van der Waals surface area contributed by atoms with Crippen molar-refractivity contribution in [1.29, 1.82) is 0 Å². The highest BCUT2D eigenvalue weighted by Crippen LogP contribution is 2.19. The summed E-state index contributed by atoms with van der Waals surface area (Å²) in [5.74, 6) is 1.90. The molecule has 0 fully saturated rings. The Balaban J connectivity index is 1.87. The summed E-state index contributed by atoms with van der Waals surface area (Å²) < 4.78 is 5.25. The predicted octanol–water partition coefficient (Wildman–Crippen LogP) is 2.51. The van der Waals surface area contributed by atoms with Gasteiger partial charge in [-0.05, 0) is 18.6 Å². The van der Waals surface area contributed by atoms with E-state index in [4.69, 9.17) is 16.1 Å². The lowest BCUT2D eigenvalue weighted by Crippen LogP contribution is -2.38. The third-order valence-electron chi connectivity index (χ3n) is 2.95. The molecule has 0 saturated heterocycles. The molecule has 0 atom stereocenters. The molecule has 1 aromatic heterocycles. The van der Waals surface area contributed by atoms with Gasteiger partial charge >= 0.3 is 0 Å². The zero-order chi connectivity index (χ0) is 15.8. The molecule has 0 radical (unpaired) electrons. The normalized spacial score (nSPS) is 11.5. The minimum absolute atomic E-state index is 0.547. The molecule has 2 N–H and O–H groups in total. The van der Waals surface area contributed by atoms with E-state index in [2.05, 4.69) is 32.7 Å². The van der Waals surface area contributed by atoms with Crippen molar-refractivity contribution < 1.29 is 4.52 Å². The number of benzene rings is 1. The van der Waals surface area contributed by atoms with E-state index in [1.54, 1.807) is 7.05 Å². The Kier molecular flexibility index (Phi) is 6.21. The number of nitrogens with zero attached hydrogens (tertiary/aromatic N) is 3. The van der Waals surface area contributed by atoms with Crippen molar-refractivity contribution in [3.63, 3.8) is 0 Å². The van der Waals surface area contributed by atoms with Crippen LogP contribution < -0.4 is 10.6 Å². The van der Waals surface area contributed by atoms with E-state index in [1.807, 2.05) is 24.3 Å². The molecule has 0 aliphatic heterocycles. The van der Waals surface area contributed by atoms with Gasteiger partial charge in [0.05, 0.1) is 0 Å². The molecular formula is C15H20ClN5O. The van der Waals surface area contributed by atoms with E-state index in [0.29, 0.717) is 29.7 Å². The Hall–Kier alpha value is -2.08. The first-order chi connectivity index (χ1) is 10.7. The first-order valence-electron chi connectivity index (χ1n) is 7.26. The number of aliphatic imine (C=N–C) groups is 1. The minimum Gasteiger partial charge on any atom is -0.356 e. The van der Waals surface area contributed by atoms with Crippen LogP contribution in [-0.4, -0.2) is 36.2 Å². The van der Waals surface area contributed by atoms with Crippen molar-refractivity contribution in [1.82, 2.24) is 20.8 Å². The highest BCUT2D eigenvalue weighted by Gasteiger charge is 2.09. The van der Waals surface area contributed by atoms with E-state index in [0.717, 1.165) is 24.5 Å². The molecule has 0 unspecified atom stereocenters. The van der Waals surface area contributed by atoms with Crippen molar-refractivity contribution in [2.45, 2.75) is 19.8 Å². The predicted molar refractivity (Wildman–Crippen MR) is 88.1 cm³/mol. The van der Waals surface area contributed by atoms with Crippen LogP contribution >= 0.6 is 11.6 Å². The van der Waals surface area contributed by atoms with Gasteiger partial charge in [-0.25, -0.2) is 0 Å². The van der Waals surface area contributed by atoms with Gasteiger partial charge in [0.25, 0.3) is 0 Å². The molecule has 1 heterocycles. The summed E-state index contributed by atoms with van der Waals surface area (Å²) in [6, 6.07) is 7.38. The molecule has 0 saturated carbocycles. The number of guanidine groups is 1. The third-order valence-corrected chi connectivity index (χ3v) is 3.18. The molecule has 0 aliphatic carbocycles. The van der Waals surface area contributed by atoms with Crippen molar-refractivity contribution in [3.05, 3.63) is 35.2 Å². The molecular weight excluding hydrogens is 302 g/mol. The molecule has 0 aliphatic rings. The number of hydrogen-bond acceptors (Lipinski definition) is 4. The molecule has 6 nitrogen and oxygen atoms in total. The molecule has 7 heteroatoms. The fourth-order valence-electron chi connectivity index (χ4n) is 1.85. The van der Waals surface area contributed by atoms with Crippen LogP contribution in [0.25, 0.3) is 11.4 Å². The molecule has 2 rings (SSSR count). The fraction of sp³-hybridized carbons (Fsp3) is 0.400. The number of halogens is 1. The van der Waals surface area contributed by atoms with E-state index in [1.165, 1.54) is 0 Å². The zero-order valence-corrected chi connectivity index (χ0v) is 13.5. The van der Waals surface area contributed by atoms with Gasteiger partial charge in [-0.15, -0.1) is 0 Å². The summed E-state index contributed by atoms with van der Waals surface area (Å²) in [4.78, 5) is 8.50. The summed E-state index contributed by atoms with van der Waals surface area (Å²) in [7, 11) is 1.74. The summed E-state index contributed by atoms with van der Waals surface area (Å²) in [6.45, 7) is 3.66. The van der Waals surface area contributed by atoms with Crippen LogP contribution in [0.1, 0.15) is 19.2 Å². The summed E-state index contributed by atoms with van der Waals surface area (Å²) in [5.41, 5.74) is 0.843. The SMILES string of the molecule is CCCNC(=NC)NCCc1nc(-c2cccc(Cl)c2)no1. The van der Waals surface area contributed by atoms with Gasteiger partial charge in [0.1, 0.15) is 0 Å². The van der Waals surface area contributed by atoms with Gasteiger partial charge in [-0.2, -0.15) is 4.98 Å². The van der Waals surface area contributed by atoms with E-state index >= 15 is 0 Å². The zero-order valence-electron chi connectivity index (χ0n) is 12.8. The lowest BCUT2D eigenvalue weighted by Gasteiger charge is -2.09. The number of rotatable bonds is 6. The van der Waals surface area contributed by atoms with Crippen molar-refractivity contribution >= 4 is 17.6 Å². The van der Waals surface area contributed by atoms with Gasteiger partial charge in [0, 0.05) is 37.1 Å². The Bertz CT molecular complexity index is 626. The molecule has 22 heavy (non-hydrogen) atoms. The number of hydrogen-bond donors (Lipinski definition) is 2. The van der Waals surface area contributed by atoms with Crippen LogP contribution in [-0.2, 0) is 6.42 Å². The maximum absolute atomic E-state index is 5.96. The van der Waals surface area contributed by atoms with Gasteiger partial charge < -0.3 is 15.2 Å². The minimum atomic E-state index is 0.547. The maximum atomic E-state index is 5.96. The van der Waals surface area contributed by atoms with Crippen molar-refractivity contribution in [2.24, 2.45) is 4.99 Å². The van der Waals surface area contributed by atoms with Crippen LogP contribution in [0, 0.1) is 0 Å². The molecule has 0 spiro atoms. The second-order valence-corrected chi connectivity index (χ2v) is 5.13. The Labute approximate surface area is 135 Å².